The summed E-state index contributed by atoms with van der Waals surface area (Å²) < 4.78 is 27.2. The van der Waals surface area contributed by atoms with Crippen molar-refractivity contribution in [2.45, 2.75) is 38.6 Å². The zero-order valence-corrected chi connectivity index (χ0v) is 13.9. The molecule has 3 fully saturated rings. The summed E-state index contributed by atoms with van der Waals surface area (Å²) in [7, 11) is 0. The average molecular weight is 334 g/mol. The summed E-state index contributed by atoms with van der Waals surface area (Å²) in [4.78, 5) is 17.2. The molecule has 0 bridgehead atoms. The van der Waals surface area contributed by atoms with Crippen molar-refractivity contribution in [3.05, 3.63) is 35.4 Å². The molecule has 0 radical (unpaired) electrons. The van der Waals surface area contributed by atoms with Gasteiger partial charge >= 0.3 is 0 Å². The van der Waals surface area contributed by atoms with Crippen molar-refractivity contribution in [1.82, 2.24) is 9.80 Å². The summed E-state index contributed by atoms with van der Waals surface area (Å²) in [6.07, 6.45) is 5.32. The van der Waals surface area contributed by atoms with E-state index in [-0.39, 0.29) is 11.2 Å². The van der Waals surface area contributed by atoms with Crippen LogP contribution >= 0.6 is 0 Å². The van der Waals surface area contributed by atoms with Crippen molar-refractivity contribution in [1.29, 1.82) is 0 Å². The number of carbonyl (C=O) groups is 1. The normalized spacial score (nSPS) is 28.1. The number of carbonyl (C=O) groups excluding carboxylic acids is 1. The summed E-state index contributed by atoms with van der Waals surface area (Å²) in [6, 6.07) is 3.59. The molecule has 1 saturated carbocycles. The number of halogens is 2. The molecule has 24 heavy (non-hydrogen) atoms. The standard InChI is InChI=1S/C19H24F2N2O/c20-16-4-5-17(21)15(10-16)12-22-9-7-19(13-22)6-1-8-23(18(19)24)11-14-2-3-14/h4-5,10,14H,1-3,6-9,11-13H2/t19-/m0/s1. The average Bonchev–Trinajstić information content (AvgIpc) is 3.29. The van der Waals surface area contributed by atoms with Crippen molar-refractivity contribution >= 4 is 5.91 Å². The molecule has 1 aromatic carbocycles. The van der Waals surface area contributed by atoms with Crippen molar-refractivity contribution in [2.24, 2.45) is 11.3 Å². The van der Waals surface area contributed by atoms with Crippen LogP contribution in [0.15, 0.2) is 18.2 Å². The molecule has 130 valence electrons. The minimum atomic E-state index is -0.412. The number of piperidine rings is 1. The number of benzene rings is 1. The molecular weight excluding hydrogens is 310 g/mol. The van der Waals surface area contributed by atoms with Gasteiger partial charge in [-0.2, -0.15) is 0 Å². The first-order valence-corrected chi connectivity index (χ1v) is 9.01. The van der Waals surface area contributed by atoms with E-state index in [1.807, 2.05) is 0 Å². The zero-order chi connectivity index (χ0) is 16.7. The van der Waals surface area contributed by atoms with Gasteiger partial charge in [-0.1, -0.05) is 0 Å². The Morgan fingerprint density at radius 3 is 2.79 bits per heavy atom. The molecule has 4 rings (SSSR count). The van der Waals surface area contributed by atoms with E-state index in [1.165, 1.54) is 25.0 Å². The van der Waals surface area contributed by atoms with E-state index in [1.54, 1.807) is 0 Å². The lowest BCUT2D eigenvalue weighted by molar-refractivity contribution is -0.145. The Morgan fingerprint density at radius 2 is 2.00 bits per heavy atom. The van der Waals surface area contributed by atoms with E-state index in [0.29, 0.717) is 30.5 Å². The van der Waals surface area contributed by atoms with Crippen LogP contribution in [-0.4, -0.2) is 41.9 Å². The third-order valence-electron chi connectivity index (χ3n) is 5.83. The van der Waals surface area contributed by atoms with Crippen LogP contribution in [0.1, 0.15) is 37.7 Å². The Morgan fingerprint density at radius 1 is 1.17 bits per heavy atom. The fourth-order valence-electron chi connectivity index (χ4n) is 4.32. The Kier molecular flexibility index (Phi) is 4.07. The maximum atomic E-state index is 13.9. The molecule has 1 spiro atoms. The highest BCUT2D eigenvalue weighted by atomic mass is 19.1. The van der Waals surface area contributed by atoms with E-state index in [2.05, 4.69) is 9.80 Å². The van der Waals surface area contributed by atoms with Crippen molar-refractivity contribution in [3.63, 3.8) is 0 Å². The quantitative estimate of drug-likeness (QED) is 0.844. The molecule has 5 heteroatoms. The van der Waals surface area contributed by atoms with Crippen LogP contribution in [-0.2, 0) is 11.3 Å². The van der Waals surface area contributed by atoms with E-state index >= 15 is 0 Å². The predicted octanol–water partition coefficient (Wildman–Crippen LogP) is 3.19. The number of nitrogens with zero attached hydrogens (tertiary/aromatic N) is 2. The lowest BCUT2D eigenvalue weighted by atomic mass is 9.78. The molecule has 1 amide bonds. The summed E-state index contributed by atoms with van der Waals surface area (Å²) >= 11 is 0. The first kappa shape index (κ1) is 16.0. The molecule has 3 aliphatic rings. The van der Waals surface area contributed by atoms with Gasteiger partial charge in [-0.05, 0) is 62.8 Å². The highest BCUT2D eigenvalue weighted by molar-refractivity contribution is 5.84. The molecule has 1 aliphatic carbocycles. The summed E-state index contributed by atoms with van der Waals surface area (Å²) in [5, 5.41) is 0. The topological polar surface area (TPSA) is 23.6 Å². The van der Waals surface area contributed by atoms with Crippen molar-refractivity contribution in [2.75, 3.05) is 26.2 Å². The van der Waals surface area contributed by atoms with Crippen LogP contribution in [0.4, 0.5) is 8.78 Å². The predicted molar refractivity (Wildman–Crippen MR) is 87.2 cm³/mol. The third kappa shape index (κ3) is 3.06. The van der Waals surface area contributed by atoms with Gasteiger partial charge in [0.05, 0.1) is 5.41 Å². The highest BCUT2D eigenvalue weighted by Gasteiger charge is 2.48. The molecular formula is C19H24F2N2O. The van der Waals surface area contributed by atoms with Crippen molar-refractivity contribution < 1.29 is 13.6 Å². The van der Waals surface area contributed by atoms with Gasteiger partial charge < -0.3 is 4.90 Å². The van der Waals surface area contributed by atoms with Crippen LogP contribution < -0.4 is 0 Å². The Labute approximate surface area is 141 Å². The fourth-order valence-corrected chi connectivity index (χ4v) is 4.32. The van der Waals surface area contributed by atoms with Gasteiger partial charge in [0.2, 0.25) is 5.91 Å². The zero-order valence-electron chi connectivity index (χ0n) is 13.9. The summed E-state index contributed by atoms with van der Waals surface area (Å²) in [6.45, 7) is 3.62. The molecule has 1 atom stereocenters. The first-order chi connectivity index (χ1) is 11.6. The van der Waals surface area contributed by atoms with Crippen LogP contribution in [0.3, 0.4) is 0 Å². The van der Waals surface area contributed by atoms with Crippen molar-refractivity contribution in [3.8, 4) is 0 Å². The molecule has 3 nitrogen and oxygen atoms in total. The van der Waals surface area contributed by atoms with E-state index < -0.39 is 5.82 Å². The molecule has 0 aromatic heterocycles. The second-order valence-electron chi connectivity index (χ2n) is 7.77. The highest BCUT2D eigenvalue weighted by Crippen LogP contribution is 2.42. The number of hydrogen-bond donors (Lipinski definition) is 0. The molecule has 2 saturated heterocycles. The number of rotatable bonds is 4. The Bertz CT molecular complexity index is 646. The van der Waals surface area contributed by atoms with Gasteiger partial charge in [0.25, 0.3) is 0 Å². The van der Waals surface area contributed by atoms with Gasteiger partial charge in [0.1, 0.15) is 11.6 Å². The summed E-state index contributed by atoms with van der Waals surface area (Å²) in [5.41, 5.74) is 0.0851. The summed E-state index contributed by atoms with van der Waals surface area (Å²) in [5.74, 6) is 0.221. The van der Waals surface area contributed by atoms with Crippen LogP contribution in [0, 0.1) is 23.0 Å². The lowest BCUT2D eigenvalue weighted by Gasteiger charge is -2.39. The largest absolute Gasteiger partial charge is 0.342 e. The van der Waals surface area contributed by atoms with Gasteiger partial charge in [-0.3, -0.25) is 9.69 Å². The SMILES string of the molecule is O=C1N(CC2CC2)CCC[C@@]12CCN(Cc1cc(F)ccc1F)C2. The van der Waals surface area contributed by atoms with Crippen LogP contribution in [0.5, 0.6) is 0 Å². The first-order valence-electron chi connectivity index (χ1n) is 9.01. The molecule has 2 aliphatic heterocycles. The minimum absolute atomic E-state index is 0.294. The van der Waals surface area contributed by atoms with E-state index in [0.717, 1.165) is 45.0 Å². The Balaban J connectivity index is 1.44. The molecule has 2 heterocycles. The minimum Gasteiger partial charge on any atom is -0.342 e. The monoisotopic (exact) mass is 334 g/mol. The number of hydrogen-bond acceptors (Lipinski definition) is 2. The van der Waals surface area contributed by atoms with E-state index in [9.17, 15) is 13.6 Å². The smallest absolute Gasteiger partial charge is 0.230 e. The van der Waals surface area contributed by atoms with Crippen LogP contribution in [0.2, 0.25) is 0 Å². The van der Waals surface area contributed by atoms with Gasteiger partial charge in [-0.25, -0.2) is 8.78 Å². The number of likely N-dealkylation sites (tertiary alicyclic amines) is 2. The lowest BCUT2D eigenvalue weighted by Crippen LogP contribution is -2.50. The van der Waals surface area contributed by atoms with Gasteiger partial charge in [0, 0.05) is 31.7 Å². The maximum absolute atomic E-state index is 13.9. The van der Waals surface area contributed by atoms with Gasteiger partial charge in [0.15, 0.2) is 0 Å². The van der Waals surface area contributed by atoms with Gasteiger partial charge in [-0.15, -0.1) is 0 Å². The molecule has 1 aromatic rings. The molecule has 0 unspecified atom stereocenters. The molecule has 0 N–H and O–H groups in total. The second kappa shape index (κ2) is 6.10. The second-order valence-corrected chi connectivity index (χ2v) is 7.77. The fraction of sp³-hybridized carbons (Fsp3) is 0.632. The van der Waals surface area contributed by atoms with E-state index in [4.69, 9.17) is 0 Å². The third-order valence-corrected chi connectivity index (χ3v) is 5.83. The number of amides is 1. The van der Waals surface area contributed by atoms with Crippen LogP contribution in [0.25, 0.3) is 0 Å². The maximum Gasteiger partial charge on any atom is 0.230 e. The Hall–Kier alpha value is -1.49.